The van der Waals surface area contributed by atoms with Gasteiger partial charge >= 0.3 is 0 Å². The van der Waals surface area contributed by atoms with E-state index in [1.165, 1.54) is 17.7 Å². The Hall–Kier alpha value is -3.12. The molecule has 0 aliphatic rings. The molecule has 3 rings (SSSR count). The van der Waals surface area contributed by atoms with Gasteiger partial charge in [0.1, 0.15) is 5.82 Å². The van der Waals surface area contributed by atoms with Crippen molar-refractivity contribution in [2.75, 3.05) is 0 Å². The minimum atomic E-state index is -0.343. The fourth-order valence-electron chi connectivity index (χ4n) is 3.33. The second-order valence-electron chi connectivity index (χ2n) is 7.09. The number of aryl methyl sites for hydroxylation is 1. The Morgan fingerprint density at radius 3 is 2.37 bits per heavy atom. The molecule has 0 atom stereocenters. The smallest absolute Gasteiger partial charge is 0.123 e. The number of hydrogen-bond acceptors (Lipinski definition) is 1. The van der Waals surface area contributed by atoms with Crippen molar-refractivity contribution in [2.24, 2.45) is 0 Å². The second kappa shape index (κ2) is 7.63. The number of aromatic nitrogens is 1. The van der Waals surface area contributed by atoms with Crippen molar-refractivity contribution in [3.63, 3.8) is 0 Å². The maximum atomic E-state index is 13.5. The van der Waals surface area contributed by atoms with E-state index >= 15 is 0 Å². The first-order valence-electron chi connectivity index (χ1n) is 9.07. The third-order valence-corrected chi connectivity index (χ3v) is 4.84. The molecular formula is C24H23FN2. The van der Waals surface area contributed by atoms with Crippen LogP contribution in [0.3, 0.4) is 0 Å². The topological polar surface area (TPSA) is 28.7 Å². The maximum absolute atomic E-state index is 13.5. The van der Waals surface area contributed by atoms with Gasteiger partial charge in [0.15, 0.2) is 0 Å². The molecule has 0 radical (unpaired) electrons. The van der Waals surface area contributed by atoms with Crippen molar-refractivity contribution in [3.05, 3.63) is 88.5 Å². The molecule has 0 amide bonds. The predicted octanol–water partition coefficient (Wildman–Crippen LogP) is 6.42. The molecule has 0 aliphatic heterocycles. The first-order valence-corrected chi connectivity index (χ1v) is 9.07. The van der Waals surface area contributed by atoms with Gasteiger partial charge in [-0.2, -0.15) is 5.26 Å². The van der Waals surface area contributed by atoms with Gasteiger partial charge < -0.3 is 4.57 Å². The SMILES string of the molecule is Cc1cc(/C=C(/C#N)c2cccc(F)c2)c(C)n1-c1ccc(C(C)C)cc1. The monoisotopic (exact) mass is 358 g/mol. The van der Waals surface area contributed by atoms with Crippen LogP contribution in [-0.4, -0.2) is 4.57 Å². The van der Waals surface area contributed by atoms with Crippen LogP contribution >= 0.6 is 0 Å². The molecule has 0 N–H and O–H groups in total. The summed E-state index contributed by atoms with van der Waals surface area (Å²) >= 11 is 0. The Labute approximate surface area is 160 Å². The highest BCUT2D eigenvalue weighted by Crippen LogP contribution is 2.26. The summed E-state index contributed by atoms with van der Waals surface area (Å²) < 4.78 is 15.7. The van der Waals surface area contributed by atoms with Crippen LogP contribution in [0.5, 0.6) is 0 Å². The van der Waals surface area contributed by atoms with Crippen LogP contribution in [0.15, 0.2) is 54.6 Å². The molecule has 0 aliphatic carbocycles. The second-order valence-corrected chi connectivity index (χ2v) is 7.09. The quantitative estimate of drug-likeness (QED) is 0.495. The zero-order valence-corrected chi connectivity index (χ0v) is 16.1. The van der Waals surface area contributed by atoms with Crippen molar-refractivity contribution in [3.8, 4) is 11.8 Å². The first kappa shape index (κ1) is 18.7. The Morgan fingerprint density at radius 1 is 1.07 bits per heavy atom. The molecule has 0 bridgehead atoms. The minimum Gasteiger partial charge on any atom is -0.318 e. The highest BCUT2D eigenvalue weighted by atomic mass is 19.1. The normalized spacial score (nSPS) is 11.7. The number of hydrogen-bond donors (Lipinski definition) is 0. The van der Waals surface area contributed by atoms with Crippen molar-refractivity contribution in [2.45, 2.75) is 33.6 Å². The van der Waals surface area contributed by atoms with Crippen LogP contribution in [0.1, 0.15) is 47.8 Å². The van der Waals surface area contributed by atoms with Gasteiger partial charge in [-0.05, 0) is 72.9 Å². The molecule has 1 heterocycles. The molecule has 0 fully saturated rings. The first-order chi connectivity index (χ1) is 12.9. The third-order valence-electron chi connectivity index (χ3n) is 4.84. The summed E-state index contributed by atoms with van der Waals surface area (Å²) in [5.41, 5.74) is 6.54. The highest BCUT2D eigenvalue weighted by Gasteiger charge is 2.11. The molecule has 0 saturated heterocycles. The van der Waals surface area contributed by atoms with Gasteiger partial charge in [-0.3, -0.25) is 0 Å². The Bertz CT molecular complexity index is 1030. The minimum absolute atomic E-state index is 0.343. The summed E-state index contributed by atoms with van der Waals surface area (Å²) in [5.74, 6) is 0.151. The van der Waals surface area contributed by atoms with Crippen molar-refractivity contribution in [1.82, 2.24) is 4.57 Å². The predicted molar refractivity (Wildman–Crippen MR) is 109 cm³/mol. The molecule has 136 valence electrons. The standard InChI is InChI=1S/C24H23FN2/c1-16(2)19-8-10-24(11-9-19)27-17(3)12-21(18(27)4)13-22(15-26)20-6-5-7-23(25)14-20/h5-14,16H,1-4H3/b22-13-. The number of allylic oxidation sites excluding steroid dienone is 1. The van der Waals surface area contributed by atoms with Crippen LogP contribution in [0.2, 0.25) is 0 Å². The largest absolute Gasteiger partial charge is 0.318 e. The molecule has 3 aromatic rings. The lowest BCUT2D eigenvalue weighted by Gasteiger charge is -2.12. The fourth-order valence-corrected chi connectivity index (χ4v) is 3.33. The zero-order chi connectivity index (χ0) is 19.6. The molecule has 1 aromatic heterocycles. The number of nitrogens with zero attached hydrogens (tertiary/aromatic N) is 2. The molecule has 0 saturated carbocycles. The number of nitriles is 1. The van der Waals surface area contributed by atoms with Gasteiger partial charge in [-0.15, -0.1) is 0 Å². The van der Waals surface area contributed by atoms with Crippen LogP contribution in [0.4, 0.5) is 4.39 Å². The Kier molecular flexibility index (Phi) is 5.28. The van der Waals surface area contributed by atoms with Crippen LogP contribution in [0.25, 0.3) is 17.3 Å². The molecule has 0 spiro atoms. The van der Waals surface area contributed by atoms with Crippen LogP contribution in [0, 0.1) is 31.0 Å². The zero-order valence-electron chi connectivity index (χ0n) is 16.1. The van der Waals surface area contributed by atoms with E-state index in [-0.39, 0.29) is 5.82 Å². The molecule has 2 aromatic carbocycles. The lowest BCUT2D eigenvalue weighted by atomic mass is 10.0. The summed E-state index contributed by atoms with van der Waals surface area (Å²) in [6, 6.07) is 19.0. The van der Waals surface area contributed by atoms with Crippen LogP contribution < -0.4 is 0 Å². The summed E-state index contributed by atoms with van der Waals surface area (Å²) in [7, 11) is 0. The number of rotatable bonds is 4. The van der Waals surface area contributed by atoms with Crippen molar-refractivity contribution >= 4 is 11.6 Å². The summed E-state index contributed by atoms with van der Waals surface area (Å²) in [6.45, 7) is 8.45. The Balaban J connectivity index is 2.04. The average molecular weight is 358 g/mol. The molecule has 0 unspecified atom stereocenters. The van der Waals surface area contributed by atoms with E-state index in [9.17, 15) is 9.65 Å². The maximum Gasteiger partial charge on any atom is 0.123 e. The van der Waals surface area contributed by atoms with E-state index < -0.39 is 0 Å². The summed E-state index contributed by atoms with van der Waals surface area (Å²) in [4.78, 5) is 0. The van der Waals surface area contributed by atoms with E-state index in [2.05, 4.69) is 61.7 Å². The van der Waals surface area contributed by atoms with Crippen molar-refractivity contribution in [1.29, 1.82) is 5.26 Å². The molecule has 3 heteroatoms. The van der Waals surface area contributed by atoms with E-state index in [0.717, 1.165) is 22.6 Å². The fraction of sp³-hybridized carbons (Fsp3) is 0.208. The van der Waals surface area contributed by atoms with Gasteiger partial charge in [-0.25, -0.2) is 4.39 Å². The van der Waals surface area contributed by atoms with Crippen molar-refractivity contribution < 1.29 is 4.39 Å². The van der Waals surface area contributed by atoms with E-state index in [1.54, 1.807) is 12.1 Å². The summed E-state index contributed by atoms with van der Waals surface area (Å²) in [6.07, 6.45) is 1.83. The number of benzene rings is 2. The van der Waals surface area contributed by atoms with Gasteiger partial charge in [0.2, 0.25) is 0 Å². The molecule has 27 heavy (non-hydrogen) atoms. The van der Waals surface area contributed by atoms with E-state index in [0.29, 0.717) is 17.1 Å². The van der Waals surface area contributed by atoms with Gasteiger partial charge in [-0.1, -0.05) is 38.1 Å². The third kappa shape index (κ3) is 3.85. The Morgan fingerprint density at radius 2 is 1.78 bits per heavy atom. The van der Waals surface area contributed by atoms with Gasteiger partial charge in [0.25, 0.3) is 0 Å². The van der Waals surface area contributed by atoms with Gasteiger partial charge in [0, 0.05) is 17.1 Å². The lowest BCUT2D eigenvalue weighted by molar-refractivity contribution is 0.627. The van der Waals surface area contributed by atoms with E-state index in [1.807, 2.05) is 13.0 Å². The molecular weight excluding hydrogens is 335 g/mol. The lowest BCUT2D eigenvalue weighted by Crippen LogP contribution is -1.99. The van der Waals surface area contributed by atoms with E-state index in [4.69, 9.17) is 0 Å². The number of halogens is 1. The molecule has 2 nitrogen and oxygen atoms in total. The highest BCUT2D eigenvalue weighted by molar-refractivity contribution is 5.90. The average Bonchev–Trinajstić information content (AvgIpc) is 2.93. The van der Waals surface area contributed by atoms with Gasteiger partial charge in [0.05, 0.1) is 11.6 Å². The van der Waals surface area contributed by atoms with Crippen LogP contribution in [-0.2, 0) is 0 Å². The summed E-state index contributed by atoms with van der Waals surface area (Å²) in [5, 5.41) is 9.55.